The summed E-state index contributed by atoms with van der Waals surface area (Å²) in [6, 6.07) is 2.03. The Morgan fingerprint density at radius 1 is 1.42 bits per heavy atom. The van der Waals surface area contributed by atoms with Gasteiger partial charge in [0.05, 0.1) is 6.61 Å². The summed E-state index contributed by atoms with van der Waals surface area (Å²) in [6.07, 6.45) is 1.72. The molecule has 0 aliphatic heterocycles. The van der Waals surface area contributed by atoms with Gasteiger partial charge in [-0.05, 0) is 49.7 Å². The largest absolute Gasteiger partial charge is 0.472 e. The van der Waals surface area contributed by atoms with Gasteiger partial charge < -0.3 is 14.8 Å². The fourth-order valence-corrected chi connectivity index (χ4v) is 1.90. The van der Waals surface area contributed by atoms with Crippen molar-refractivity contribution in [2.24, 2.45) is 0 Å². The Hall–Kier alpha value is -0.650. The average Bonchev–Trinajstić information content (AvgIpc) is 2.29. The molecule has 1 N–H and O–H groups in total. The Labute approximate surface area is 124 Å². The second-order valence-corrected chi connectivity index (χ2v) is 6.52. The van der Waals surface area contributed by atoms with Crippen LogP contribution in [0, 0.1) is 0 Å². The lowest BCUT2D eigenvalue weighted by atomic mass is 10.1. The summed E-state index contributed by atoms with van der Waals surface area (Å²) in [6.45, 7) is 9.62. The molecule has 0 bridgehead atoms. The maximum atomic E-state index is 5.81. The number of pyridine rings is 1. The third kappa shape index (κ3) is 6.36. The zero-order chi connectivity index (χ0) is 14.5. The van der Waals surface area contributed by atoms with E-state index >= 15 is 0 Å². The van der Waals surface area contributed by atoms with Crippen LogP contribution in [-0.4, -0.2) is 30.3 Å². The van der Waals surface area contributed by atoms with Crippen LogP contribution in [0.1, 0.15) is 33.3 Å². The molecule has 0 saturated carbocycles. The van der Waals surface area contributed by atoms with Crippen molar-refractivity contribution in [2.75, 3.05) is 13.7 Å². The normalized spacial score (nSPS) is 13.4. The van der Waals surface area contributed by atoms with Gasteiger partial charge >= 0.3 is 0 Å². The molecule has 19 heavy (non-hydrogen) atoms. The van der Waals surface area contributed by atoms with Gasteiger partial charge in [-0.2, -0.15) is 0 Å². The molecule has 1 atom stereocenters. The maximum Gasteiger partial charge on any atom is 0.218 e. The SMILES string of the molecule is COCC(C)Oc1ncc(Br)cc1CNC(C)(C)C. The van der Waals surface area contributed by atoms with Gasteiger partial charge in [0.1, 0.15) is 6.10 Å². The number of halogens is 1. The molecule has 1 unspecified atom stereocenters. The van der Waals surface area contributed by atoms with Crippen molar-refractivity contribution in [1.82, 2.24) is 10.3 Å². The van der Waals surface area contributed by atoms with E-state index in [1.165, 1.54) is 0 Å². The second-order valence-electron chi connectivity index (χ2n) is 5.61. The highest BCUT2D eigenvalue weighted by Gasteiger charge is 2.14. The van der Waals surface area contributed by atoms with E-state index in [1.807, 2.05) is 13.0 Å². The van der Waals surface area contributed by atoms with Crippen molar-refractivity contribution in [2.45, 2.75) is 45.9 Å². The first-order chi connectivity index (χ1) is 8.81. The average molecular weight is 331 g/mol. The minimum absolute atomic E-state index is 0.0212. The Balaban J connectivity index is 2.79. The van der Waals surface area contributed by atoms with E-state index in [0.717, 1.165) is 10.0 Å². The molecule has 0 spiro atoms. The summed E-state index contributed by atoms with van der Waals surface area (Å²) in [5.41, 5.74) is 1.09. The summed E-state index contributed by atoms with van der Waals surface area (Å²) >= 11 is 3.44. The van der Waals surface area contributed by atoms with Gasteiger partial charge in [-0.3, -0.25) is 0 Å². The van der Waals surface area contributed by atoms with Gasteiger partial charge in [-0.15, -0.1) is 0 Å². The molecule has 108 valence electrons. The summed E-state index contributed by atoms with van der Waals surface area (Å²) in [4.78, 5) is 4.34. The fraction of sp³-hybridized carbons (Fsp3) is 0.643. The second kappa shape index (κ2) is 7.22. The number of nitrogens with zero attached hydrogens (tertiary/aromatic N) is 1. The maximum absolute atomic E-state index is 5.81. The lowest BCUT2D eigenvalue weighted by Gasteiger charge is -2.22. The van der Waals surface area contributed by atoms with E-state index in [4.69, 9.17) is 9.47 Å². The van der Waals surface area contributed by atoms with Crippen molar-refractivity contribution in [3.63, 3.8) is 0 Å². The summed E-state index contributed by atoms with van der Waals surface area (Å²) in [5, 5.41) is 3.44. The van der Waals surface area contributed by atoms with Crippen LogP contribution in [0.25, 0.3) is 0 Å². The van der Waals surface area contributed by atoms with Crippen molar-refractivity contribution < 1.29 is 9.47 Å². The van der Waals surface area contributed by atoms with Crippen molar-refractivity contribution in [3.8, 4) is 5.88 Å². The Morgan fingerprint density at radius 3 is 2.68 bits per heavy atom. The van der Waals surface area contributed by atoms with Gasteiger partial charge in [-0.25, -0.2) is 4.98 Å². The molecule has 1 rings (SSSR count). The first-order valence-electron chi connectivity index (χ1n) is 6.37. The van der Waals surface area contributed by atoms with Gasteiger partial charge in [-0.1, -0.05) is 0 Å². The molecule has 1 aromatic rings. The smallest absolute Gasteiger partial charge is 0.218 e. The van der Waals surface area contributed by atoms with Gasteiger partial charge in [0, 0.05) is 35.4 Å². The molecule has 0 amide bonds. The van der Waals surface area contributed by atoms with E-state index in [1.54, 1.807) is 13.3 Å². The monoisotopic (exact) mass is 330 g/mol. The van der Waals surface area contributed by atoms with Crippen LogP contribution in [-0.2, 0) is 11.3 Å². The molecule has 0 aromatic carbocycles. The van der Waals surface area contributed by atoms with E-state index in [-0.39, 0.29) is 11.6 Å². The highest BCUT2D eigenvalue weighted by molar-refractivity contribution is 9.10. The fourth-order valence-electron chi connectivity index (χ4n) is 1.52. The molecule has 1 aromatic heterocycles. The van der Waals surface area contributed by atoms with Crippen LogP contribution in [0.4, 0.5) is 0 Å². The molecular weight excluding hydrogens is 308 g/mol. The number of aromatic nitrogens is 1. The zero-order valence-electron chi connectivity index (χ0n) is 12.3. The topological polar surface area (TPSA) is 43.4 Å². The van der Waals surface area contributed by atoms with Crippen LogP contribution >= 0.6 is 15.9 Å². The lowest BCUT2D eigenvalue weighted by molar-refractivity contribution is 0.0880. The van der Waals surface area contributed by atoms with Gasteiger partial charge in [0.2, 0.25) is 5.88 Å². The minimum atomic E-state index is -0.0212. The Bertz CT molecular complexity index is 405. The molecule has 0 saturated heterocycles. The molecule has 5 heteroatoms. The number of ether oxygens (including phenoxy) is 2. The minimum Gasteiger partial charge on any atom is -0.472 e. The predicted molar refractivity (Wildman–Crippen MR) is 80.5 cm³/mol. The van der Waals surface area contributed by atoms with Crippen LogP contribution in [0.2, 0.25) is 0 Å². The summed E-state index contributed by atoms with van der Waals surface area (Å²) in [5.74, 6) is 0.657. The molecular formula is C14H23BrN2O2. The van der Waals surface area contributed by atoms with E-state index < -0.39 is 0 Å². The third-order valence-corrected chi connectivity index (χ3v) is 2.85. The van der Waals surface area contributed by atoms with Gasteiger partial charge in [0.15, 0.2) is 0 Å². The van der Waals surface area contributed by atoms with Crippen molar-refractivity contribution >= 4 is 15.9 Å². The van der Waals surface area contributed by atoms with E-state index in [2.05, 4.69) is 47.0 Å². The van der Waals surface area contributed by atoms with Crippen LogP contribution < -0.4 is 10.1 Å². The Morgan fingerprint density at radius 2 is 2.11 bits per heavy atom. The Kier molecular flexibility index (Phi) is 6.23. The highest BCUT2D eigenvalue weighted by atomic mass is 79.9. The number of nitrogens with one attached hydrogen (secondary N) is 1. The van der Waals surface area contributed by atoms with Crippen LogP contribution in [0.5, 0.6) is 5.88 Å². The van der Waals surface area contributed by atoms with E-state index in [0.29, 0.717) is 19.0 Å². The number of methoxy groups -OCH3 is 1. The lowest BCUT2D eigenvalue weighted by Crippen LogP contribution is -2.35. The molecule has 4 nitrogen and oxygen atoms in total. The van der Waals surface area contributed by atoms with Crippen LogP contribution in [0.3, 0.4) is 0 Å². The summed E-state index contributed by atoms with van der Waals surface area (Å²) in [7, 11) is 1.66. The highest BCUT2D eigenvalue weighted by Crippen LogP contribution is 2.21. The first-order valence-corrected chi connectivity index (χ1v) is 7.16. The van der Waals surface area contributed by atoms with Crippen molar-refractivity contribution in [3.05, 3.63) is 22.3 Å². The van der Waals surface area contributed by atoms with Gasteiger partial charge in [0.25, 0.3) is 0 Å². The number of hydrogen-bond acceptors (Lipinski definition) is 4. The molecule has 0 aliphatic carbocycles. The molecule has 0 aliphatic rings. The third-order valence-electron chi connectivity index (χ3n) is 2.42. The number of rotatable bonds is 6. The van der Waals surface area contributed by atoms with Crippen molar-refractivity contribution in [1.29, 1.82) is 0 Å². The molecule has 0 fully saturated rings. The number of hydrogen-bond donors (Lipinski definition) is 1. The van der Waals surface area contributed by atoms with E-state index in [9.17, 15) is 0 Å². The van der Waals surface area contributed by atoms with Crippen LogP contribution in [0.15, 0.2) is 16.7 Å². The molecule has 0 radical (unpaired) electrons. The first kappa shape index (κ1) is 16.4. The molecule has 1 heterocycles. The summed E-state index contributed by atoms with van der Waals surface area (Å²) < 4.78 is 11.8. The quantitative estimate of drug-likeness (QED) is 0.870. The standard InChI is InChI=1S/C14H23BrN2O2/c1-10(9-18-5)19-13-11(6-12(15)8-16-13)7-17-14(2,3)4/h6,8,10,17H,7,9H2,1-5H3. The zero-order valence-corrected chi connectivity index (χ0v) is 13.9. The predicted octanol–water partition coefficient (Wildman–Crippen LogP) is 3.15.